The van der Waals surface area contributed by atoms with Crippen LogP contribution in [-0.4, -0.2) is 21.6 Å². The summed E-state index contributed by atoms with van der Waals surface area (Å²) in [5.74, 6) is -1.21. The van der Waals surface area contributed by atoms with Crippen LogP contribution in [0.1, 0.15) is 24.9 Å². The van der Waals surface area contributed by atoms with Gasteiger partial charge in [0.1, 0.15) is 6.04 Å². The molecule has 0 aliphatic heterocycles. The number of carboxylic acid groups (broad SMARTS) is 1. The van der Waals surface area contributed by atoms with E-state index in [0.29, 0.717) is 17.6 Å². The number of aliphatic carboxylic acids is 1. The van der Waals surface area contributed by atoms with Gasteiger partial charge in [0.05, 0.1) is 10.2 Å². The smallest absolute Gasteiger partial charge is 0.326 e. The van der Waals surface area contributed by atoms with Crippen molar-refractivity contribution in [2.45, 2.75) is 25.8 Å². The first-order valence-corrected chi connectivity index (χ1v) is 8.82. The summed E-state index contributed by atoms with van der Waals surface area (Å²) >= 11 is 1.33. The van der Waals surface area contributed by atoms with E-state index in [1.165, 1.54) is 11.3 Å². The average Bonchev–Trinajstić information content (AvgIpc) is 2.97. The molecule has 1 unspecified atom stereocenters. The predicted molar refractivity (Wildman–Crippen MR) is 97.5 cm³/mol. The van der Waals surface area contributed by atoms with E-state index in [-0.39, 0.29) is 5.91 Å². The summed E-state index contributed by atoms with van der Waals surface area (Å²) in [5, 5.41) is 9.38. The second kappa shape index (κ2) is 7.44. The van der Waals surface area contributed by atoms with E-state index in [1.807, 2.05) is 54.6 Å². The summed E-state index contributed by atoms with van der Waals surface area (Å²) in [4.78, 5) is 28.4. The fourth-order valence-electron chi connectivity index (χ4n) is 2.61. The summed E-state index contributed by atoms with van der Waals surface area (Å²) < 4.78 is 2.52. The number of amides is 1. The summed E-state index contributed by atoms with van der Waals surface area (Å²) in [7, 11) is 0. The fraction of sp³-hybridized carbons (Fsp3) is 0.211. The number of benzene rings is 2. The van der Waals surface area contributed by atoms with Crippen LogP contribution in [0, 0.1) is 0 Å². The van der Waals surface area contributed by atoms with Gasteiger partial charge in [-0.15, -0.1) is 0 Å². The molecule has 0 radical (unpaired) electrons. The molecule has 0 aliphatic rings. The Balaban J connectivity index is 1.93. The van der Waals surface area contributed by atoms with Gasteiger partial charge in [0.15, 0.2) is 4.80 Å². The van der Waals surface area contributed by atoms with Crippen LogP contribution in [0.2, 0.25) is 0 Å². The van der Waals surface area contributed by atoms with Crippen LogP contribution >= 0.6 is 11.3 Å². The zero-order chi connectivity index (χ0) is 17.8. The first-order chi connectivity index (χ1) is 12.1. The standard InChI is InChI=1S/C19H18N2O3S/c1-13(18(23)24)21-15-9-5-6-10-16(15)25-19(21)20-17(22)12-11-14-7-3-2-4-8-14/h2-10,13H,11-12H2,1H3,(H,23,24)/b20-19-. The highest BCUT2D eigenvalue weighted by atomic mass is 32.1. The zero-order valence-corrected chi connectivity index (χ0v) is 14.6. The van der Waals surface area contributed by atoms with Gasteiger partial charge in [0.25, 0.3) is 0 Å². The van der Waals surface area contributed by atoms with Crippen molar-refractivity contribution in [2.75, 3.05) is 0 Å². The molecule has 6 heteroatoms. The van der Waals surface area contributed by atoms with Gasteiger partial charge in [0, 0.05) is 6.42 Å². The zero-order valence-electron chi connectivity index (χ0n) is 13.8. The summed E-state index contributed by atoms with van der Waals surface area (Å²) in [6.45, 7) is 1.59. The van der Waals surface area contributed by atoms with Gasteiger partial charge < -0.3 is 9.67 Å². The number of carboxylic acids is 1. The van der Waals surface area contributed by atoms with Crippen LogP contribution in [0.3, 0.4) is 0 Å². The van der Waals surface area contributed by atoms with Crippen molar-refractivity contribution in [1.29, 1.82) is 0 Å². The van der Waals surface area contributed by atoms with E-state index in [0.717, 1.165) is 15.8 Å². The van der Waals surface area contributed by atoms with Crippen molar-refractivity contribution in [3.05, 3.63) is 65.0 Å². The molecule has 1 atom stereocenters. The number of nitrogens with zero attached hydrogens (tertiary/aromatic N) is 2. The summed E-state index contributed by atoms with van der Waals surface area (Å²) in [6.07, 6.45) is 0.905. The molecule has 5 nitrogen and oxygen atoms in total. The molecule has 1 heterocycles. The van der Waals surface area contributed by atoms with Gasteiger partial charge in [-0.1, -0.05) is 53.8 Å². The minimum Gasteiger partial charge on any atom is -0.480 e. The maximum Gasteiger partial charge on any atom is 0.326 e. The minimum absolute atomic E-state index is 0.248. The van der Waals surface area contributed by atoms with E-state index in [4.69, 9.17) is 0 Å². The van der Waals surface area contributed by atoms with Crippen LogP contribution in [0.4, 0.5) is 0 Å². The number of aromatic nitrogens is 1. The molecule has 25 heavy (non-hydrogen) atoms. The van der Waals surface area contributed by atoms with E-state index in [2.05, 4.69) is 4.99 Å². The Labute approximate surface area is 148 Å². The number of hydrogen-bond donors (Lipinski definition) is 1. The monoisotopic (exact) mass is 354 g/mol. The molecule has 0 saturated carbocycles. The average molecular weight is 354 g/mol. The minimum atomic E-state index is -0.957. The van der Waals surface area contributed by atoms with Gasteiger partial charge in [-0.05, 0) is 31.0 Å². The molecule has 0 spiro atoms. The quantitative estimate of drug-likeness (QED) is 0.763. The number of carbonyl (C=O) groups excluding carboxylic acids is 1. The molecular formula is C19H18N2O3S. The van der Waals surface area contributed by atoms with Crippen molar-refractivity contribution in [3.63, 3.8) is 0 Å². The molecule has 128 valence electrons. The number of carbonyl (C=O) groups is 2. The van der Waals surface area contributed by atoms with Crippen molar-refractivity contribution >= 4 is 33.4 Å². The van der Waals surface area contributed by atoms with Crippen molar-refractivity contribution < 1.29 is 14.7 Å². The maximum atomic E-state index is 12.3. The Morgan fingerprint density at radius 2 is 1.80 bits per heavy atom. The molecular weight excluding hydrogens is 336 g/mol. The third-order valence-corrected chi connectivity index (χ3v) is 5.00. The molecule has 0 bridgehead atoms. The molecule has 3 rings (SSSR count). The summed E-state index contributed by atoms with van der Waals surface area (Å²) in [6, 6.07) is 16.4. The van der Waals surface area contributed by atoms with Crippen molar-refractivity contribution in [2.24, 2.45) is 4.99 Å². The number of para-hydroxylation sites is 1. The van der Waals surface area contributed by atoms with Gasteiger partial charge in [-0.25, -0.2) is 4.79 Å². The Kier molecular flexibility index (Phi) is 5.09. The van der Waals surface area contributed by atoms with E-state index >= 15 is 0 Å². The van der Waals surface area contributed by atoms with E-state index in [9.17, 15) is 14.7 Å². The third-order valence-electron chi connectivity index (χ3n) is 3.97. The van der Waals surface area contributed by atoms with Gasteiger partial charge in [0.2, 0.25) is 5.91 Å². The molecule has 1 amide bonds. The highest BCUT2D eigenvalue weighted by molar-refractivity contribution is 7.16. The number of rotatable bonds is 5. The predicted octanol–water partition coefficient (Wildman–Crippen LogP) is 3.41. The molecule has 0 aliphatic carbocycles. The molecule has 2 aromatic carbocycles. The second-order valence-corrected chi connectivity index (χ2v) is 6.74. The highest BCUT2D eigenvalue weighted by Gasteiger charge is 2.18. The Morgan fingerprint density at radius 1 is 1.12 bits per heavy atom. The molecule has 1 aromatic heterocycles. The Hall–Kier alpha value is -2.73. The van der Waals surface area contributed by atoms with Crippen LogP contribution < -0.4 is 4.80 Å². The maximum absolute atomic E-state index is 12.3. The normalized spacial score (nSPS) is 13.1. The lowest BCUT2D eigenvalue weighted by molar-refractivity contribution is -0.140. The number of fused-ring (bicyclic) bond motifs is 1. The van der Waals surface area contributed by atoms with E-state index < -0.39 is 12.0 Å². The first-order valence-electron chi connectivity index (χ1n) is 8.00. The lowest BCUT2D eigenvalue weighted by Gasteiger charge is -2.09. The van der Waals surface area contributed by atoms with Crippen molar-refractivity contribution in [3.8, 4) is 0 Å². The lowest BCUT2D eigenvalue weighted by atomic mass is 10.1. The van der Waals surface area contributed by atoms with Crippen LogP contribution in [0.25, 0.3) is 10.2 Å². The first kappa shape index (κ1) is 17.1. The van der Waals surface area contributed by atoms with Crippen LogP contribution in [0.5, 0.6) is 0 Å². The Morgan fingerprint density at radius 3 is 2.52 bits per heavy atom. The molecule has 0 fully saturated rings. The topological polar surface area (TPSA) is 71.7 Å². The summed E-state index contributed by atoms with van der Waals surface area (Å²) in [5.41, 5.74) is 1.85. The SMILES string of the molecule is CC(C(=O)O)n1/c(=N/C(=O)CCc2ccccc2)sc2ccccc21. The van der Waals surface area contributed by atoms with Gasteiger partial charge in [-0.3, -0.25) is 4.79 Å². The number of hydrogen-bond acceptors (Lipinski definition) is 3. The van der Waals surface area contributed by atoms with E-state index in [1.54, 1.807) is 11.5 Å². The molecule has 1 N–H and O–H groups in total. The third kappa shape index (κ3) is 3.85. The highest BCUT2D eigenvalue weighted by Crippen LogP contribution is 2.20. The van der Waals surface area contributed by atoms with Crippen molar-refractivity contribution in [1.82, 2.24) is 4.57 Å². The van der Waals surface area contributed by atoms with Crippen LogP contribution in [-0.2, 0) is 16.0 Å². The number of thiazole rings is 1. The van der Waals surface area contributed by atoms with Gasteiger partial charge in [-0.2, -0.15) is 4.99 Å². The Bertz CT molecular complexity index is 973. The second-order valence-electron chi connectivity index (χ2n) is 5.73. The molecule has 0 saturated heterocycles. The number of aryl methyl sites for hydroxylation is 1. The largest absolute Gasteiger partial charge is 0.480 e. The lowest BCUT2D eigenvalue weighted by Crippen LogP contribution is -2.25. The molecule has 3 aromatic rings. The van der Waals surface area contributed by atoms with Crippen LogP contribution in [0.15, 0.2) is 59.6 Å². The van der Waals surface area contributed by atoms with Gasteiger partial charge >= 0.3 is 5.97 Å². The fourth-order valence-corrected chi connectivity index (χ4v) is 3.73.